The van der Waals surface area contributed by atoms with Gasteiger partial charge in [0.25, 0.3) is 0 Å². The van der Waals surface area contributed by atoms with Gasteiger partial charge in [0.15, 0.2) is 0 Å². The molecule has 0 N–H and O–H groups in total. The zero-order valence-corrected chi connectivity index (χ0v) is 16.7. The van der Waals surface area contributed by atoms with E-state index in [0.717, 1.165) is 31.5 Å². The standard InChI is InChI=1S/C21H28N2O2S/c1-4-18-7-6-8-19(5-2)21(18)22-13-15-23(16-14-22)26(24,25)20-11-9-17(3)10-12-20/h6-12H,4-5,13-16H2,1-3H3. The first-order valence-electron chi connectivity index (χ1n) is 9.40. The first-order chi connectivity index (χ1) is 12.5. The van der Waals surface area contributed by atoms with Crippen LogP contribution >= 0.6 is 0 Å². The Labute approximate surface area is 157 Å². The molecule has 1 aliphatic rings. The highest BCUT2D eigenvalue weighted by Gasteiger charge is 2.29. The van der Waals surface area contributed by atoms with Crippen LogP contribution in [0.4, 0.5) is 5.69 Å². The summed E-state index contributed by atoms with van der Waals surface area (Å²) in [6.07, 6.45) is 1.98. The Balaban J connectivity index is 1.79. The summed E-state index contributed by atoms with van der Waals surface area (Å²) in [6, 6.07) is 13.6. The molecular weight excluding hydrogens is 344 g/mol. The summed E-state index contributed by atoms with van der Waals surface area (Å²) >= 11 is 0. The van der Waals surface area contributed by atoms with E-state index in [0.29, 0.717) is 18.0 Å². The van der Waals surface area contributed by atoms with Gasteiger partial charge in [-0.1, -0.05) is 49.7 Å². The van der Waals surface area contributed by atoms with Crippen LogP contribution in [0.25, 0.3) is 0 Å². The molecular formula is C21H28N2O2S. The molecule has 5 heteroatoms. The lowest BCUT2D eigenvalue weighted by Gasteiger charge is -2.37. The zero-order chi connectivity index (χ0) is 18.7. The summed E-state index contributed by atoms with van der Waals surface area (Å²) in [4.78, 5) is 2.75. The maximum absolute atomic E-state index is 12.9. The van der Waals surface area contributed by atoms with Crippen LogP contribution < -0.4 is 4.90 Å². The molecule has 0 aromatic heterocycles. The number of anilines is 1. The van der Waals surface area contributed by atoms with Crippen molar-refractivity contribution >= 4 is 15.7 Å². The SMILES string of the molecule is CCc1cccc(CC)c1N1CCN(S(=O)(=O)c2ccc(C)cc2)CC1. The van der Waals surface area contributed by atoms with E-state index in [2.05, 4.69) is 36.9 Å². The van der Waals surface area contributed by atoms with Crippen molar-refractivity contribution in [1.29, 1.82) is 0 Å². The van der Waals surface area contributed by atoms with Crippen LogP contribution in [0.2, 0.25) is 0 Å². The van der Waals surface area contributed by atoms with E-state index in [1.807, 2.05) is 19.1 Å². The van der Waals surface area contributed by atoms with E-state index in [1.54, 1.807) is 16.4 Å². The Kier molecular flexibility index (Phi) is 5.68. The average Bonchev–Trinajstić information content (AvgIpc) is 2.67. The smallest absolute Gasteiger partial charge is 0.243 e. The fraction of sp³-hybridized carbons (Fsp3) is 0.429. The molecule has 4 nitrogen and oxygen atoms in total. The van der Waals surface area contributed by atoms with Crippen molar-refractivity contribution < 1.29 is 8.42 Å². The fourth-order valence-electron chi connectivity index (χ4n) is 3.63. The summed E-state index contributed by atoms with van der Waals surface area (Å²) in [7, 11) is -3.41. The molecule has 0 unspecified atom stereocenters. The van der Waals surface area contributed by atoms with Crippen LogP contribution in [0.5, 0.6) is 0 Å². The molecule has 0 saturated carbocycles. The first-order valence-corrected chi connectivity index (χ1v) is 10.8. The third-order valence-electron chi connectivity index (χ3n) is 5.18. The number of hydrogen-bond donors (Lipinski definition) is 0. The minimum atomic E-state index is -3.41. The number of nitrogens with zero attached hydrogens (tertiary/aromatic N) is 2. The number of hydrogen-bond acceptors (Lipinski definition) is 3. The maximum Gasteiger partial charge on any atom is 0.243 e. The molecule has 1 saturated heterocycles. The lowest BCUT2D eigenvalue weighted by atomic mass is 10.0. The van der Waals surface area contributed by atoms with Crippen molar-refractivity contribution in [2.24, 2.45) is 0 Å². The fourth-order valence-corrected chi connectivity index (χ4v) is 5.05. The van der Waals surface area contributed by atoms with Crippen molar-refractivity contribution in [1.82, 2.24) is 4.31 Å². The number of para-hydroxylation sites is 1. The summed E-state index contributed by atoms with van der Waals surface area (Å²) < 4.78 is 27.4. The second-order valence-electron chi connectivity index (χ2n) is 6.84. The quantitative estimate of drug-likeness (QED) is 0.805. The molecule has 3 rings (SSSR count). The summed E-state index contributed by atoms with van der Waals surface area (Å²) in [5, 5.41) is 0. The summed E-state index contributed by atoms with van der Waals surface area (Å²) in [5.41, 5.74) is 5.07. The Morgan fingerprint density at radius 1 is 0.846 bits per heavy atom. The predicted molar refractivity (Wildman–Crippen MR) is 107 cm³/mol. The molecule has 0 spiro atoms. The van der Waals surface area contributed by atoms with E-state index in [-0.39, 0.29) is 0 Å². The highest BCUT2D eigenvalue weighted by Crippen LogP contribution is 2.29. The van der Waals surface area contributed by atoms with E-state index < -0.39 is 10.0 Å². The molecule has 0 amide bonds. The van der Waals surface area contributed by atoms with Gasteiger partial charge in [-0.05, 0) is 43.0 Å². The second kappa shape index (κ2) is 7.80. The lowest BCUT2D eigenvalue weighted by Crippen LogP contribution is -2.49. The van der Waals surface area contributed by atoms with Crippen molar-refractivity contribution in [2.75, 3.05) is 31.1 Å². The highest BCUT2D eigenvalue weighted by molar-refractivity contribution is 7.89. The summed E-state index contributed by atoms with van der Waals surface area (Å²) in [6.45, 7) is 8.83. The zero-order valence-electron chi connectivity index (χ0n) is 15.9. The number of rotatable bonds is 5. The highest BCUT2D eigenvalue weighted by atomic mass is 32.2. The number of piperazine rings is 1. The molecule has 26 heavy (non-hydrogen) atoms. The van der Waals surface area contributed by atoms with Crippen LogP contribution in [0.15, 0.2) is 47.4 Å². The third kappa shape index (κ3) is 3.64. The van der Waals surface area contributed by atoms with E-state index in [4.69, 9.17) is 0 Å². The lowest BCUT2D eigenvalue weighted by molar-refractivity contribution is 0.384. The summed E-state index contributed by atoms with van der Waals surface area (Å²) in [5.74, 6) is 0. The minimum Gasteiger partial charge on any atom is -0.368 e. The molecule has 2 aromatic rings. The topological polar surface area (TPSA) is 40.6 Å². The van der Waals surface area contributed by atoms with Crippen LogP contribution in [0, 0.1) is 6.92 Å². The number of benzene rings is 2. The molecule has 1 heterocycles. The molecule has 0 radical (unpaired) electrons. The van der Waals surface area contributed by atoms with Gasteiger partial charge in [0.05, 0.1) is 4.90 Å². The Morgan fingerprint density at radius 3 is 1.88 bits per heavy atom. The van der Waals surface area contributed by atoms with Crippen LogP contribution in [0.1, 0.15) is 30.5 Å². The largest absolute Gasteiger partial charge is 0.368 e. The third-order valence-corrected chi connectivity index (χ3v) is 7.09. The van der Waals surface area contributed by atoms with E-state index >= 15 is 0 Å². The van der Waals surface area contributed by atoms with Crippen LogP contribution in [0.3, 0.4) is 0 Å². The minimum absolute atomic E-state index is 0.389. The Morgan fingerprint density at radius 2 is 1.38 bits per heavy atom. The van der Waals surface area contributed by atoms with E-state index in [1.165, 1.54) is 16.8 Å². The average molecular weight is 373 g/mol. The number of aryl methyl sites for hydroxylation is 3. The van der Waals surface area contributed by atoms with Crippen molar-refractivity contribution in [3.63, 3.8) is 0 Å². The molecule has 1 fully saturated rings. The van der Waals surface area contributed by atoms with Gasteiger partial charge >= 0.3 is 0 Å². The Hall–Kier alpha value is -1.85. The molecule has 140 valence electrons. The molecule has 0 atom stereocenters. The van der Waals surface area contributed by atoms with Crippen molar-refractivity contribution in [3.8, 4) is 0 Å². The van der Waals surface area contributed by atoms with Gasteiger partial charge in [-0.3, -0.25) is 0 Å². The van der Waals surface area contributed by atoms with Gasteiger partial charge in [-0.25, -0.2) is 8.42 Å². The van der Waals surface area contributed by atoms with Gasteiger partial charge in [0, 0.05) is 31.9 Å². The van der Waals surface area contributed by atoms with Crippen LogP contribution in [-0.4, -0.2) is 38.9 Å². The predicted octanol–water partition coefficient (Wildman–Crippen LogP) is 3.63. The van der Waals surface area contributed by atoms with Crippen LogP contribution in [-0.2, 0) is 22.9 Å². The molecule has 2 aromatic carbocycles. The van der Waals surface area contributed by atoms with Crippen molar-refractivity contribution in [3.05, 3.63) is 59.2 Å². The molecule has 0 aliphatic carbocycles. The van der Waals surface area contributed by atoms with Gasteiger partial charge in [0.2, 0.25) is 10.0 Å². The van der Waals surface area contributed by atoms with Gasteiger partial charge in [-0.15, -0.1) is 0 Å². The normalized spacial score (nSPS) is 16.0. The second-order valence-corrected chi connectivity index (χ2v) is 8.77. The van der Waals surface area contributed by atoms with Gasteiger partial charge < -0.3 is 4.90 Å². The van der Waals surface area contributed by atoms with E-state index in [9.17, 15) is 8.42 Å². The van der Waals surface area contributed by atoms with Crippen molar-refractivity contribution in [2.45, 2.75) is 38.5 Å². The monoisotopic (exact) mass is 372 g/mol. The van der Waals surface area contributed by atoms with Gasteiger partial charge in [0.1, 0.15) is 0 Å². The van der Waals surface area contributed by atoms with Gasteiger partial charge in [-0.2, -0.15) is 4.31 Å². The Bertz CT molecular complexity index is 830. The molecule has 0 bridgehead atoms. The maximum atomic E-state index is 12.9. The molecule has 1 aliphatic heterocycles. The first kappa shape index (κ1) is 18.9. The number of sulfonamides is 1.